The number of carbonyl (C=O) groups is 1. The van der Waals surface area contributed by atoms with Crippen molar-refractivity contribution in [2.45, 2.75) is 13.3 Å². The van der Waals surface area contributed by atoms with E-state index >= 15 is 0 Å². The van der Waals surface area contributed by atoms with Crippen LogP contribution in [0.2, 0.25) is 0 Å². The average molecular weight is 393 g/mol. The van der Waals surface area contributed by atoms with Crippen LogP contribution in [0.3, 0.4) is 0 Å². The minimum absolute atomic E-state index is 0.0123. The number of aromatic nitrogens is 2. The summed E-state index contributed by atoms with van der Waals surface area (Å²) in [6.07, 6.45) is 4.59. The molecule has 2 aromatic carbocycles. The minimum Gasteiger partial charge on any atom is -0.492 e. The van der Waals surface area contributed by atoms with Crippen molar-refractivity contribution in [2.75, 3.05) is 33.3 Å². The van der Waals surface area contributed by atoms with Crippen molar-refractivity contribution in [3.63, 3.8) is 0 Å². The summed E-state index contributed by atoms with van der Waals surface area (Å²) in [5.74, 6) is 0.864. The van der Waals surface area contributed by atoms with Crippen LogP contribution in [-0.2, 0) is 11.2 Å². The molecule has 1 amide bonds. The molecule has 1 heterocycles. The topological polar surface area (TPSA) is 59.4 Å². The van der Waals surface area contributed by atoms with E-state index in [0.29, 0.717) is 26.2 Å². The van der Waals surface area contributed by atoms with E-state index in [4.69, 9.17) is 4.74 Å². The van der Waals surface area contributed by atoms with Crippen LogP contribution in [-0.4, -0.2) is 53.9 Å². The summed E-state index contributed by atoms with van der Waals surface area (Å²) in [5, 5.41) is 7.34. The van der Waals surface area contributed by atoms with Crippen LogP contribution in [0.4, 0.5) is 0 Å². The first-order valence-electron chi connectivity index (χ1n) is 9.84. The molecule has 3 rings (SSSR count). The number of benzene rings is 2. The molecule has 0 unspecified atom stereocenters. The monoisotopic (exact) mass is 392 g/mol. The summed E-state index contributed by atoms with van der Waals surface area (Å²) in [4.78, 5) is 14.1. The molecule has 6 heteroatoms. The average Bonchev–Trinajstić information content (AvgIpc) is 3.19. The zero-order chi connectivity index (χ0) is 20.5. The molecule has 0 saturated carbocycles. The summed E-state index contributed by atoms with van der Waals surface area (Å²) < 4.78 is 7.55. The van der Waals surface area contributed by atoms with Gasteiger partial charge in [-0.3, -0.25) is 9.69 Å². The van der Waals surface area contributed by atoms with Crippen molar-refractivity contribution < 1.29 is 9.53 Å². The highest BCUT2D eigenvalue weighted by molar-refractivity contribution is 5.77. The SMILES string of the molecule is Cc1ccc(OCCN(C)CC(=O)NCCc2cnn(-c3ccccc3)c2)cc1. The molecule has 0 aliphatic rings. The lowest BCUT2D eigenvalue weighted by Gasteiger charge is -2.16. The number of nitrogens with zero attached hydrogens (tertiary/aromatic N) is 3. The molecule has 0 atom stereocenters. The van der Waals surface area contributed by atoms with Gasteiger partial charge >= 0.3 is 0 Å². The van der Waals surface area contributed by atoms with Gasteiger partial charge in [0.15, 0.2) is 0 Å². The zero-order valence-electron chi connectivity index (χ0n) is 17.0. The number of likely N-dealkylation sites (N-methyl/N-ethyl adjacent to an activating group) is 1. The molecule has 152 valence electrons. The van der Waals surface area contributed by atoms with Gasteiger partial charge in [-0.2, -0.15) is 5.10 Å². The van der Waals surface area contributed by atoms with E-state index in [-0.39, 0.29) is 5.91 Å². The van der Waals surface area contributed by atoms with Gasteiger partial charge in [0.1, 0.15) is 12.4 Å². The smallest absolute Gasteiger partial charge is 0.234 e. The maximum Gasteiger partial charge on any atom is 0.234 e. The summed E-state index contributed by atoms with van der Waals surface area (Å²) in [6, 6.07) is 17.9. The van der Waals surface area contributed by atoms with E-state index in [1.54, 1.807) is 0 Å². The molecule has 0 aliphatic heterocycles. The highest BCUT2D eigenvalue weighted by Crippen LogP contribution is 2.11. The first kappa shape index (κ1) is 20.6. The van der Waals surface area contributed by atoms with E-state index in [2.05, 4.69) is 10.4 Å². The molecule has 29 heavy (non-hydrogen) atoms. The van der Waals surface area contributed by atoms with Gasteiger partial charge in [-0.15, -0.1) is 0 Å². The van der Waals surface area contributed by atoms with Crippen molar-refractivity contribution in [3.05, 3.63) is 78.1 Å². The Labute approximate surface area is 172 Å². The first-order chi connectivity index (χ1) is 14.1. The van der Waals surface area contributed by atoms with Crippen molar-refractivity contribution in [2.24, 2.45) is 0 Å². The number of ether oxygens (including phenoxy) is 1. The second kappa shape index (κ2) is 10.4. The lowest BCUT2D eigenvalue weighted by Crippen LogP contribution is -2.37. The molecular formula is C23H28N4O2. The summed E-state index contributed by atoms with van der Waals surface area (Å²) in [7, 11) is 1.92. The highest BCUT2D eigenvalue weighted by atomic mass is 16.5. The zero-order valence-corrected chi connectivity index (χ0v) is 17.0. The van der Waals surface area contributed by atoms with Gasteiger partial charge < -0.3 is 10.1 Å². The van der Waals surface area contributed by atoms with Crippen molar-refractivity contribution in [3.8, 4) is 11.4 Å². The van der Waals surface area contributed by atoms with Crippen LogP contribution in [0.1, 0.15) is 11.1 Å². The van der Waals surface area contributed by atoms with Gasteiger partial charge in [0.25, 0.3) is 0 Å². The highest BCUT2D eigenvalue weighted by Gasteiger charge is 2.07. The van der Waals surface area contributed by atoms with Crippen LogP contribution >= 0.6 is 0 Å². The Morgan fingerprint density at radius 2 is 1.90 bits per heavy atom. The third-order valence-corrected chi connectivity index (χ3v) is 4.57. The maximum atomic E-state index is 12.1. The van der Waals surface area contributed by atoms with E-state index < -0.39 is 0 Å². The summed E-state index contributed by atoms with van der Waals surface area (Å²) in [6.45, 7) is 4.22. The van der Waals surface area contributed by atoms with Gasteiger partial charge in [-0.25, -0.2) is 4.68 Å². The van der Waals surface area contributed by atoms with Gasteiger partial charge in [0, 0.05) is 19.3 Å². The van der Waals surface area contributed by atoms with E-state index in [1.165, 1.54) is 5.56 Å². The van der Waals surface area contributed by atoms with Crippen molar-refractivity contribution in [1.82, 2.24) is 20.0 Å². The Kier molecular flexibility index (Phi) is 7.41. The van der Waals surface area contributed by atoms with E-state index in [9.17, 15) is 4.79 Å². The van der Waals surface area contributed by atoms with Crippen LogP contribution in [0.25, 0.3) is 5.69 Å². The fourth-order valence-electron chi connectivity index (χ4n) is 2.89. The molecule has 0 fully saturated rings. The number of rotatable bonds is 10. The molecule has 1 aromatic heterocycles. The standard InChI is InChI=1S/C23H28N4O2/c1-19-8-10-22(11-9-19)29-15-14-26(2)18-23(28)24-13-12-20-16-25-27(17-20)21-6-4-3-5-7-21/h3-11,16-17H,12-15,18H2,1-2H3,(H,24,28). The number of hydrogen-bond donors (Lipinski definition) is 1. The molecule has 0 radical (unpaired) electrons. The number of amides is 1. The molecule has 0 spiro atoms. The lowest BCUT2D eigenvalue weighted by molar-refractivity contribution is -0.121. The van der Waals surface area contributed by atoms with Crippen LogP contribution in [0.15, 0.2) is 67.0 Å². The number of hydrogen-bond acceptors (Lipinski definition) is 4. The van der Waals surface area contributed by atoms with Crippen LogP contribution < -0.4 is 10.1 Å². The van der Waals surface area contributed by atoms with E-state index in [0.717, 1.165) is 23.4 Å². The Balaban J connectivity index is 1.32. The molecule has 3 aromatic rings. The molecule has 0 saturated heterocycles. The third-order valence-electron chi connectivity index (χ3n) is 4.57. The molecular weight excluding hydrogens is 364 g/mol. The largest absolute Gasteiger partial charge is 0.492 e. The third kappa shape index (κ3) is 6.76. The molecule has 0 bridgehead atoms. The Bertz CT molecular complexity index is 891. The molecule has 6 nitrogen and oxygen atoms in total. The second-order valence-electron chi connectivity index (χ2n) is 7.13. The van der Waals surface area contributed by atoms with E-state index in [1.807, 2.05) is 90.5 Å². The maximum absolute atomic E-state index is 12.1. The number of carbonyl (C=O) groups excluding carboxylic acids is 1. The fourth-order valence-corrected chi connectivity index (χ4v) is 2.89. The van der Waals surface area contributed by atoms with Gasteiger partial charge in [0.2, 0.25) is 5.91 Å². The number of aryl methyl sites for hydroxylation is 1. The second-order valence-corrected chi connectivity index (χ2v) is 7.13. The summed E-state index contributed by atoms with van der Waals surface area (Å²) in [5.41, 5.74) is 3.32. The normalized spacial score (nSPS) is 10.9. The van der Waals surface area contributed by atoms with Gasteiger partial charge in [-0.1, -0.05) is 35.9 Å². The predicted molar refractivity (Wildman–Crippen MR) is 114 cm³/mol. The van der Waals surface area contributed by atoms with Crippen molar-refractivity contribution >= 4 is 5.91 Å². The van der Waals surface area contributed by atoms with Crippen molar-refractivity contribution in [1.29, 1.82) is 0 Å². The number of nitrogens with one attached hydrogen (secondary N) is 1. The Morgan fingerprint density at radius 1 is 1.14 bits per heavy atom. The Morgan fingerprint density at radius 3 is 2.66 bits per heavy atom. The summed E-state index contributed by atoms with van der Waals surface area (Å²) >= 11 is 0. The minimum atomic E-state index is 0.0123. The molecule has 0 aliphatic carbocycles. The quantitative estimate of drug-likeness (QED) is 0.576. The van der Waals surface area contributed by atoms with Gasteiger partial charge in [-0.05, 0) is 50.2 Å². The van der Waals surface area contributed by atoms with Crippen LogP contribution in [0.5, 0.6) is 5.75 Å². The van der Waals surface area contributed by atoms with Gasteiger partial charge in [0.05, 0.1) is 18.4 Å². The van der Waals surface area contributed by atoms with Crippen LogP contribution in [0, 0.1) is 6.92 Å². The Hall–Kier alpha value is -3.12. The fraction of sp³-hybridized carbons (Fsp3) is 0.304. The first-order valence-corrected chi connectivity index (χ1v) is 9.84. The molecule has 1 N–H and O–H groups in total. The predicted octanol–water partition coefficient (Wildman–Crippen LogP) is 2.85. The lowest BCUT2D eigenvalue weighted by atomic mass is 10.2. The number of para-hydroxylation sites is 1.